The standard InChI is InChI=1S/C21H23FN2O2/c1-15(18-9-5-6-10-19(18)22)23-21(26)17-13-20(25)24(14-17)12-11-16-7-3-2-4-8-16/h2-10,15,17H,11-14H2,1H3,(H,23,26). The Bertz CT molecular complexity index is 779. The number of halogens is 1. The van der Waals surface area contributed by atoms with E-state index in [2.05, 4.69) is 5.32 Å². The molecule has 4 nitrogen and oxygen atoms in total. The molecule has 1 aliphatic heterocycles. The third-order valence-electron chi connectivity index (χ3n) is 4.83. The molecule has 2 atom stereocenters. The highest BCUT2D eigenvalue weighted by Gasteiger charge is 2.34. The zero-order chi connectivity index (χ0) is 18.5. The monoisotopic (exact) mass is 354 g/mol. The van der Waals surface area contributed by atoms with Crippen LogP contribution in [0.1, 0.15) is 30.5 Å². The first-order valence-electron chi connectivity index (χ1n) is 8.91. The van der Waals surface area contributed by atoms with Crippen molar-refractivity contribution in [3.8, 4) is 0 Å². The van der Waals surface area contributed by atoms with Crippen molar-refractivity contribution >= 4 is 11.8 Å². The number of rotatable bonds is 6. The minimum Gasteiger partial charge on any atom is -0.349 e. The molecule has 1 aliphatic rings. The van der Waals surface area contributed by atoms with Crippen molar-refractivity contribution in [2.45, 2.75) is 25.8 Å². The van der Waals surface area contributed by atoms with E-state index in [0.29, 0.717) is 18.7 Å². The zero-order valence-electron chi connectivity index (χ0n) is 14.8. The molecule has 2 aromatic carbocycles. The number of hydrogen-bond acceptors (Lipinski definition) is 2. The van der Waals surface area contributed by atoms with Gasteiger partial charge in [0.1, 0.15) is 5.82 Å². The van der Waals surface area contributed by atoms with Crippen LogP contribution in [0.5, 0.6) is 0 Å². The molecule has 0 aliphatic carbocycles. The van der Waals surface area contributed by atoms with Crippen LogP contribution >= 0.6 is 0 Å². The lowest BCUT2D eigenvalue weighted by atomic mass is 10.0. The number of carbonyl (C=O) groups excluding carboxylic acids is 2. The molecule has 0 aromatic heterocycles. The van der Waals surface area contributed by atoms with Crippen LogP contribution in [0.2, 0.25) is 0 Å². The van der Waals surface area contributed by atoms with Crippen molar-refractivity contribution in [1.82, 2.24) is 10.2 Å². The lowest BCUT2D eigenvalue weighted by Gasteiger charge is -2.19. The molecule has 2 amide bonds. The molecule has 0 bridgehead atoms. The molecule has 0 saturated carbocycles. The summed E-state index contributed by atoms with van der Waals surface area (Å²) in [5, 5.41) is 2.84. The van der Waals surface area contributed by atoms with Gasteiger partial charge in [-0.3, -0.25) is 9.59 Å². The number of carbonyl (C=O) groups is 2. The molecular formula is C21H23FN2O2. The van der Waals surface area contributed by atoms with Crippen LogP contribution in [0.3, 0.4) is 0 Å². The van der Waals surface area contributed by atoms with Crippen LogP contribution in [0.15, 0.2) is 54.6 Å². The number of likely N-dealkylation sites (tertiary alicyclic amines) is 1. The predicted molar refractivity (Wildman–Crippen MR) is 97.8 cm³/mol. The molecule has 2 aromatic rings. The minimum absolute atomic E-state index is 0.000346. The van der Waals surface area contributed by atoms with Crippen molar-refractivity contribution in [3.05, 3.63) is 71.5 Å². The molecule has 1 saturated heterocycles. The summed E-state index contributed by atoms with van der Waals surface area (Å²) in [5.41, 5.74) is 1.62. The Morgan fingerprint density at radius 3 is 2.62 bits per heavy atom. The van der Waals surface area contributed by atoms with Crippen LogP contribution in [0.25, 0.3) is 0 Å². The maximum Gasteiger partial charge on any atom is 0.225 e. The smallest absolute Gasteiger partial charge is 0.225 e. The second kappa shape index (κ2) is 8.13. The first-order valence-corrected chi connectivity index (χ1v) is 8.91. The van der Waals surface area contributed by atoms with Gasteiger partial charge in [0.25, 0.3) is 0 Å². The minimum atomic E-state index is -0.433. The number of nitrogens with zero attached hydrogens (tertiary/aromatic N) is 1. The van der Waals surface area contributed by atoms with Gasteiger partial charge in [0, 0.05) is 25.1 Å². The van der Waals surface area contributed by atoms with E-state index < -0.39 is 6.04 Å². The highest BCUT2D eigenvalue weighted by Crippen LogP contribution is 2.21. The van der Waals surface area contributed by atoms with Crippen LogP contribution in [0.4, 0.5) is 4.39 Å². The van der Waals surface area contributed by atoms with Gasteiger partial charge in [0.05, 0.1) is 12.0 Å². The van der Waals surface area contributed by atoms with Gasteiger partial charge in [-0.15, -0.1) is 0 Å². The van der Waals surface area contributed by atoms with Crippen LogP contribution < -0.4 is 5.32 Å². The predicted octanol–water partition coefficient (Wildman–Crippen LogP) is 3.09. The summed E-state index contributed by atoms with van der Waals surface area (Å²) in [6.07, 6.45) is 0.983. The fraction of sp³-hybridized carbons (Fsp3) is 0.333. The van der Waals surface area contributed by atoms with E-state index in [1.807, 2.05) is 30.3 Å². The summed E-state index contributed by atoms with van der Waals surface area (Å²) in [6.45, 7) is 2.78. The molecule has 1 fully saturated rings. The number of amides is 2. The Balaban J connectivity index is 1.54. The van der Waals surface area contributed by atoms with Gasteiger partial charge in [-0.25, -0.2) is 4.39 Å². The van der Waals surface area contributed by atoms with Gasteiger partial charge in [-0.05, 0) is 25.0 Å². The van der Waals surface area contributed by atoms with E-state index in [9.17, 15) is 14.0 Å². The first-order chi connectivity index (χ1) is 12.5. The van der Waals surface area contributed by atoms with E-state index in [1.165, 1.54) is 11.6 Å². The van der Waals surface area contributed by atoms with Gasteiger partial charge in [0.15, 0.2) is 0 Å². The molecule has 136 valence electrons. The summed E-state index contributed by atoms with van der Waals surface area (Å²) < 4.78 is 13.8. The Kier molecular flexibility index (Phi) is 5.66. The van der Waals surface area contributed by atoms with Gasteiger partial charge in [-0.2, -0.15) is 0 Å². The highest BCUT2D eigenvalue weighted by atomic mass is 19.1. The van der Waals surface area contributed by atoms with Crippen LogP contribution in [-0.2, 0) is 16.0 Å². The van der Waals surface area contributed by atoms with Crippen LogP contribution in [0, 0.1) is 11.7 Å². The normalized spacial score (nSPS) is 18.0. The average molecular weight is 354 g/mol. The van der Waals surface area contributed by atoms with E-state index in [0.717, 1.165) is 6.42 Å². The SMILES string of the molecule is CC(NC(=O)C1CC(=O)N(CCc2ccccc2)C1)c1ccccc1F. The molecule has 0 spiro atoms. The van der Waals surface area contributed by atoms with Crippen LogP contribution in [-0.4, -0.2) is 29.8 Å². The maximum atomic E-state index is 13.8. The van der Waals surface area contributed by atoms with Gasteiger partial charge in [0.2, 0.25) is 11.8 Å². The fourth-order valence-electron chi connectivity index (χ4n) is 3.31. The summed E-state index contributed by atoms with van der Waals surface area (Å²) >= 11 is 0. The third-order valence-corrected chi connectivity index (χ3v) is 4.83. The van der Waals surface area contributed by atoms with E-state index in [-0.39, 0.29) is 30.0 Å². The Morgan fingerprint density at radius 2 is 1.88 bits per heavy atom. The van der Waals surface area contributed by atoms with Gasteiger partial charge >= 0.3 is 0 Å². The van der Waals surface area contributed by atoms with E-state index in [1.54, 1.807) is 30.0 Å². The number of nitrogens with one attached hydrogen (secondary N) is 1. The quantitative estimate of drug-likeness (QED) is 0.867. The van der Waals surface area contributed by atoms with Crippen molar-refractivity contribution in [2.75, 3.05) is 13.1 Å². The molecule has 5 heteroatoms. The molecule has 1 N–H and O–H groups in total. The Labute approximate surface area is 153 Å². The Morgan fingerprint density at radius 1 is 1.19 bits per heavy atom. The van der Waals surface area contributed by atoms with Crippen molar-refractivity contribution < 1.29 is 14.0 Å². The fourth-order valence-corrected chi connectivity index (χ4v) is 3.31. The lowest BCUT2D eigenvalue weighted by Crippen LogP contribution is -2.35. The summed E-state index contributed by atoms with van der Waals surface area (Å²) in [4.78, 5) is 26.4. The summed E-state index contributed by atoms with van der Waals surface area (Å²) in [6, 6.07) is 15.9. The maximum absolute atomic E-state index is 13.8. The molecular weight excluding hydrogens is 331 g/mol. The first kappa shape index (κ1) is 18.1. The Hall–Kier alpha value is -2.69. The molecule has 2 unspecified atom stereocenters. The largest absolute Gasteiger partial charge is 0.349 e. The van der Waals surface area contributed by atoms with Crippen molar-refractivity contribution in [1.29, 1.82) is 0 Å². The van der Waals surface area contributed by atoms with Gasteiger partial charge in [-0.1, -0.05) is 48.5 Å². The zero-order valence-corrected chi connectivity index (χ0v) is 14.8. The molecule has 3 rings (SSSR count). The number of benzene rings is 2. The second-order valence-corrected chi connectivity index (χ2v) is 6.73. The molecule has 26 heavy (non-hydrogen) atoms. The van der Waals surface area contributed by atoms with Crippen molar-refractivity contribution in [3.63, 3.8) is 0 Å². The third kappa shape index (κ3) is 4.28. The van der Waals surface area contributed by atoms with Crippen molar-refractivity contribution in [2.24, 2.45) is 5.92 Å². The highest BCUT2D eigenvalue weighted by molar-refractivity contribution is 5.89. The molecule has 1 heterocycles. The average Bonchev–Trinajstić information content (AvgIpc) is 3.02. The lowest BCUT2D eigenvalue weighted by molar-refractivity contribution is -0.129. The summed E-state index contributed by atoms with van der Waals surface area (Å²) in [7, 11) is 0. The number of hydrogen-bond donors (Lipinski definition) is 1. The molecule has 0 radical (unpaired) electrons. The topological polar surface area (TPSA) is 49.4 Å². The van der Waals surface area contributed by atoms with Gasteiger partial charge < -0.3 is 10.2 Å². The van der Waals surface area contributed by atoms with E-state index >= 15 is 0 Å². The van der Waals surface area contributed by atoms with E-state index in [4.69, 9.17) is 0 Å². The second-order valence-electron chi connectivity index (χ2n) is 6.73. The summed E-state index contributed by atoms with van der Waals surface area (Å²) in [5.74, 6) is -0.921.